The SMILES string of the molecule is CN(C(=O)c1cc(F)ccc1OCCN)[C@H]1CCCc2ccccc21. The summed E-state index contributed by atoms with van der Waals surface area (Å²) in [6.45, 7) is 0.610. The van der Waals surface area contributed by atoms with Gasteiger partial charge in [0.1, 0.15) is 18.2 Å². The first-order valence-corrected chi connectivity index (χ1v) is 8.59. The molecule has 0 spiro atoms. The molecule has 0 radical (unpaired) electrons. The van der Waals surface area contributed by atoms with Crippen molar-refractivity contribution in [1.82, 2.24) is 4.90 Å². The van der Waals surface area contributed by atoms with Crippen LogP contribution in [-0.2, 0) is 6.42 Å². The van der Waals surface area contributed by atoms with Crippen molar-refractivity contribution in [2.45, 2.75) is 25.3 Å². The van der Waals surface area contributed by atoms with Gasteiger partial charge >= 0.3 is 0 Å². The Balaban J connectivity index is 1.90. The van der Waals surface area contributed by atoms with Crippen LogP contribution in [0.4, 0.5) is 4.39 Å². The fourth-order valence-electron chi connectivity index (χ4n) is 3.43. The van der Waals surface area contributed by atoms with E-state index in [4.69, 9.17) is 10.5 Å². The van der Waals surface area contributed by atoms with Gasteiger partial charge < -0.3 is 15.4 Å². The predicted molar refractivity (Wildman–Crippen MR) is 95.2 cm³/mol. The number of carbonyl (C=O) groups excluding carboxylic acids is 1. The van der Waals surface area contributed by atoms with Gasteiger partial charge in [0.05, 0.1) is 11.6 Å². The van der Waals surface area contributed by atoms with E-state index in [0.717, 1.165) is 19.3 Å². The van der Waals surface area contributed by atoms with Crippen LogP contribution in [0.2, 0.25) is 0 Å². The molecule has 0 saturated carbocycles. The van der Waals surface area contributed by atoms with Crippen molar-refractivity contribution in [2.75, 3.05) is 20.2 Å². The zero-order valence-corrected chi connectivity index (χ0v) is 14.4. The number of hydrogen-bond acceptors (Lipinski definition) is 3. The lowest BCUT2D eigenvalue weighted by Crippen LogP contribution is -2.33. The number of rotatable bonds is 5. The Labute approximate surface area is 147 Å². The smallest absolute Gasteiger partial charge is 0.257 e. The highest BCUT2D eigenvalue weighted by Crippen LogP contribution is 2.35. The quantitative estimate of drug-likeness (QED) is 0.907. The summed E-state index contributed by atoms with van der Waals surface area (Å²) in [6, 6.07) is 12.2. The Morgan fingerprint density at radius 1 is 1.32 bits per heavy atom. The number of carbonyl (C=O) groups is 1. The maximum Gasteiger partial charge on any atom is 0.257 e. The fraction of sp³-hybridized carbons (Fsp3) is 0.350. The molecule has 2 aromatic rings. The molecule has 4 nitrogen and oxygen atoms in total. The second-order valence-corrected chi connectivity index (χ2v) is 6.30. The molecule has 0 aliphatic heterocycles. The summed E-state index contributed by atoms with van der Waals surface area (Å²) in [5.74, 6) is -0.332. The second-order valence-electron chi connectivity index (χ2n) is 6.30. The summed E-state index contributed by atoms with van der Waals surface area (Å²) in [5, 5.41) is 0. The molecule has 0 saturated heterocycles. The van der Waals surface area contributed by atoms with Crippen LogP contribution in [0.25, 0.3) is 0 Å². The maximum atomic E-state index is 13.7. The van der Waals surface area contributed by atoms with Crippen LogP contribution in [0.3, 0.4) is 0 Å². The number of nitrogens with two attached hydrogens (primary N) is 1. The van der Waals surface area contributed by atoms with E-state index in [1.807, 2.05) is 12.1 Å². The molecule has 2 aromatic carbocycles. The Morgan fingerprint density at radius 3 is 2.92 bits per heavy atom. The highest BCUT2D eigenvalue weighted by molar-refractivity contribution is 5.97. The second kappa shape index (κ2) is 7.66. The zero-order chi connectivity index (χ0) is 17.8. The van der Waals surface area contributed by atoms with E-state index >= 15 is 0 Å². The normalized spacial score (nSPS) is 16.2. The molecule has 1 atom stereocenters. The molecular weight excluding hydrogens is 319 g/mol. The molecule has 1 aliphatic rings. The lowest BCUT2D eigenvalue weighted by molar-refractivity contribution is 0.0710. The number of nitrogens with zero attached hydrogens (tertiary/aromatic N) is 1. The number of halogens is 1. The molecule has 25 heavy (non-hydrogen) atoms. The average Bonchev–Trinajstić information content (AvgIpc) is 2.65. The Bertz CT molecular complexity index is 763. The highest BCUT2D eigenvalue weighted by atomic mass is 19.1. The molecule has 0 bridgehead atoms. The molecular formula is C20H23FN2O2. The monoisotopic (exact) mass is 342 g/mol. The first-order valence-electron chi connectivity index (χ1n) is 8.59. The minimum atomic E-state index is -0.458. The van der Waals surface area contributed by atoms with E-state index in [2.05, 4.69) is 12.1 Å². The van der Waals surface area contributed by atoms with E-state index in [-0.39, 0.29) is 24.1 Å². The third-order valence-electron chi connectivity index (χ3n) is 4.67. The van der Waals surface area contributed by atoms with Crippen molar-refractivity contribution in [3.63, 3.8) is 0 Å². The first kappa shape index (κ1) is 17.4. The average molecular weight is 342 g/mol. The van der Waals surface area contributed by atoms with Crippen molar-refractivity contribution in [3.8, 4) is 5.75 Å². The number of ether oxygens (including phenoxy) is 1. The van der Waals surface area contributed by atoms with Crippen LogP contribution < -0.4 is 10.5 Å². The molecule has 5 heteroatoms. The van der Waals surface area contributed by atoms with Gasteiger partial charge in [0.15, 0.2) is 0 Å². The molecule has 1 aliphatic carbocycles. The fourth-order valence-corrected chi connectivity index (χ4v) is 3.43. The summed E-state index contributed by atoms with van der Waals surface area (Å²) < 4.78 is 19.3. The van der Waals surface area contributed by atoms with Crippen molar-refractivity contribution in [2.24, 2.45) is 5.73 Å². The van der Waals surface area contributed by atoms with Gasteiger partial charge in [-0.3, -0.25) is 4.79 Å². The van der Waals surface area contributed by atoms with E-state index in [9.17, 15) is 9.18 Å². The molecule has 3 rings (SSSR count). The summed E-state index contributed by atoms with van der Waals surface area (Å²) in [5.41, 5.74) is 8.15. The van der Waals surface area contributed by atoms with Crippen LogP contribution >= 0.6 is 0 Å². The molecule has 2 N–H and O–H groups in total. The topological polar surface area (TPSA) is 55.6 Å². The summed E-state index contributed by atoms with van der Waals surface area (Å²) in [6.07, 6.45) is 2.95. The van der Waals surface area contributed by atoms with Gasteiger partial charge in [0.25, 0.3) is 5.91 Å². The minimum Gasteiger partial charge on any atom is -0.491 e. The number of benzene rings is 2. The Morgan fingerprint density at radius 2 is 2.12 bits per heavy atom. The third-order valence-corrected chi connectivity index (χ3v) is 4.67. The van der Waals surface area contributed by atoms with E-state index < -0.39 is 5.82 Å². The van der Waals surface area contributed by atoms with E-state index in [1.165, 1.54) is 29.3 Å². The van der Waals surface area contributed by atoms with Crippen LogP contribution in [0.5, 0.6) is 5.75 Å². The molecule has 0 heterocycles. The van der Waals surface area contributed by atoms with Gasteiger partial charge in [-0.15, -0.1) is 0 Å². The zero-order valence-electron chi connectivity index (χ0n) is 14.4. The van der Waals surface area contributed by atoms with Crippen LogP contribution in [-0.4, -0.2) is 31.0 Å². The standard InChI is InChI=1S/C20H23FN2O2/c1-23(18-8-4-6-14-5-2-3-7-16(14)18)20(24)17-13-15(21)9-10-19(17)25-12-11-22/h2-3,5,7,9-10,13,18H,4,6,8,11-12,22H2,1H3/t18-/m0/s1. The van der Waals surface area contributed by atoms with Gasteiger partial charge in [0, 0.05) is 13.6 Å². The number of amides is 1. The van der Waals surface area contributed by atoms with Gasteiger partial charge in [-0.25, -0.2) is 4.39 Å². The Kier molecular flexibility index (Phi) is 5.34. The van der Waals surface area contributed by atoms with Crippen molar-refractivity contribution >= 4 is 5.91 Å². The van der Waals surface area contributed by atoms with Gasteiger partial charge in [-0.1, -0.05) is 24.3 Å². The first-order chi connectivity index (χ1) is 12.1. The van der Waals surface area contributed by atoms with E-state index in [0.29, 0.717) is 12.3 Å². The van der Waals surface area contributed by atoms with Crippen molar-refractivity contribution in [1.29, 1.82) is 0 Å². The largest absolute Gasteiger partial charge is 0.491 e. The summed E-state index contributed by atoms with van der Waals surface area (Å²) in [7, 11) is 1.77. The van der Waals surface area contributed by atoms with Gasteiger partial charge in [-0.05, 0) is 48.6 Å². The van der Waals surface area contributed by atoms with Crippen LogP contribution in [0.1, 0.15) is 40.4 Å². The summed E-state index contributed by atoms with van der Waals surface area (Å²) >= 11 is 0. The lowest BCUT2D eigenvalue weighted by atomic mass is 9.87. The molecule has 1 amide bonds. The van der Waals surface area contributed by atoms with Crippen molar-refractivity contribution in [3.05, 3.63) is 65.0 Å². The number of hydrogen-bond donors (Lipinski definition) is 1. The maximum absolute atomic E-state index is 13.7. The van der Waals surface area contributed by atoms with Crippen LogP contribution in [0, 0.1) is 5.82 Å². The van der Waals surface area contributed by atoms with E-state index in [1.54, 1.807) is 11.9 Å². The third kappa shape index (κ3) is 3.66. The molecule has 0 unspecified atom stereocenters. The highest BCUT2D eigenvalue weighted by Gasteiger charge is 2.28. The molecule has 0 fully saturated rings. The predicted octanol–water partition coefficient (Wildman–Crippen LogP) is 3.31. The van der Waals surface area contributed by atoms with Crippen LogP contribution in [0.15, 0.2) is 42.5 Å². The number of fused-ring (bicyclic) bond motifs is 1. The molecule has 132 valence electrons. The van der Waals surface area contributed by atoms with Gasteiger partial charge in [0.2, 0.25) is 0 Å². The lowest BCUT2D eigenvalue weighted by Gasteiger charge is -2.33. The minimum absolute atomic E-state index is 0.0110. The van der Waals surface area contributed by atoms with Gasteiger partial charge in [-0.2, -0.15) is 0 Å². The number of aryl methyl sites for hydroxylation is 1. The Hall–Kier alpha value is -2.40. The van der Waals surface area contributed by atoms with Crippen molar-refractivity contribution < 1.29 is 13.9 Å². The summed E-state index contributed by atoms with van der Waals surface area (Å²) in [4.78, 5) is 14.7. The molecule has 0 aromatic heterocycles.